The van der Waals surface area contributed by atoms with Gasteiger partial charge in [0.1, 0.15) is 17.3 Å². The molecule has 196 valence electrons. The summed E-state index contributed by atoms with van der Waals surface area (Å²) in [5.74, 6) is 0.270. The molecule has 0 fully saturated rings. The first kappa shape index (κ1) is 24.2. The van der Waals surface area contributed by atoms with E-state index in [4.69, 9.17) is 21.1 Å². The molecule has 1 atom stereocenters. The minimum atomic E-state index is -1.19. The summed E-state index contributed by atoms with van der Waals surface area (Å²) in [7, 11) is 0. The average molecular weight is 549 g/mol. The van der Waals surface area contributed by atoms with Crippen molar-refractivity contribution in [1.82, 2.24) is 0 Å². The highest BCUT2D eigenvalue weighted by molar-refractivity contribution is 6.30. The molecule has 0 radical (unpaired) electrons. The molecule has 7 rings (SSSR count). The van der Waals surface area contributed by atoms with Crippen molar-refractivity contribution in [3.8, 4) is 11.5 Å². The SMILES string of the molecule is Cc1cc(Cl)ccc1Nc1ccc2c(c1)Oc1cc(Nc3ccccc3F)ccc1C21OC(=O)c2ccccc21. The second kappa shape index (κ2) is 9.14. The Hall–Kier alpha value is -4.81. The lowest BCUT2D eigenvalue weighted by Crippen LogP contribution is -2.33. The van der Waals surface area contributed by atoms with E-state index in [9.17, 15) is 9.18 Å². The van der Waals surface area contributed by atoms with Crippen molar-refractivity contribution in [2.45, 2.75) is 12.5 Å². The molecule has 0 bridgehead atoms. The number of nitrogens with one attached hydrogen (secondary N) is 2. The number of rotatable bonds is 4. The lowest BCUT2D eigenvalue weighted by molar-refractivity contribution is 0.0224. The van der Waals surface area contributed by atoms with E-state index >= 15 is 0 Å². The van der Waals surface area contributed by atoms with Crippen molar-refractivity contribution < 1.29 is 18.7 Å². The van der Waals surface area contributed by atoms with Crippen LogP contribution in [-0.4, -0.2) is 5.97 Å². The van der Waals surface area contributed by atoms with Crippen molar-refractivity contribution in [3.63, 3.8) is 0 Å². The molecule has 0 aromatic heterocycles. The lowest BCUT2D eigenvalue weighted by atomic mass is 9.77. The molecule has 0 saturated carbocycles. The largest absolute Gasteiger partial charge is 0.456 e. The quantitative estimate of drug-likeness (QED) is 0.220. The van der Waals surface area contributed by atoms with Gasteiger partial charge in [0, 0.05) is 50.9 Å². The van der Waals surface area contributed by atoms with Gasteiger partial charge in [0.15, 0.2) is 5.60 Å². The minimum Gasteiger partial charge on any atom is -0.456 e. The van der Waals surface area contributed by atoms with E-state index < -0.39 is 11.6 Å². The number of halogens is 2. The average Bonchev–Trinajstić information content (AvgIpc) is 3.24. The maximum Gasteiger partial charge on any atom is 0.340 e. The summed E-state index contributed by atoms with van der Waals surface area (Å²) < 4.78 is 27.1. The number of ether oxygens (including phenoxy) is 2. The van der Waals surface area contributed by atoms with Gasteiger partial charge in [0.2, 0.25) is 0 Å². The van der Waals surface area contributed by atoms with E-state index in [0.29, 0.717) is 44.6 Å². The van der Waals surface area contributed by atoms with Gasteiger partial charge in [-0.15, -0.1) is 0 Å². The van der Waals surface area contributed by atoms with Crippen molar-refractivity contribution in [3.05, 3.63) is 142 Å². The van der Waals surface area contributed by atoms with Crippen LogP contribution < -0.4 is 15.4 Å². The zero-order valence-corrected chi connectivity index (χ0v) is 22.1. The molecular formula is C33H22ClFN2O3. The van der Waals surface area contributed by atoms with Gasteiger partial charge in [0.05, 0.1) is 11.3 Å². The number of carbonyl (C=O) groups excluding carboxylic acids is 1. The van der Waals surface area contributed by atoms with Crippen LogP contribution in [0.15, 0.2) is 103 Å². The van der Waals surface area contributed by atoms with E-state index in [-0.39, 0.29) is 5.82 Å². The Kier molecular flexibility index (Phi) is 5.54. The third-order valence-corrected chi connectivity index (χ3v) is 7.57. The number of hydrogen-bond acceptors (Lipinski definition) is 5. The van der Waals surface area contributed by atoms with Crippen molar-refractivity contribution in [2.75, 3.05) is 10.6 Å². The first-order valence-corrected chi connectivity index (χ1v) is 13.1. The summed E-state index contributed by atoms with van der Waals surface area (Å²) in [6.07, 6.45) is 0. The Morgan fingerprint density at radius 1 is 0.725 bits per heavy atom. The van der Waals surface area contributed by atoms with Gasteiger partial charge in [0.25, 0.3) is 0 Å². The highest BCUT2D eigenvalue weighted by atomic mass is 35.5. The minimum absolute atomic E-state index is 0.343. The Balaban J connectivity index is 1.36. The van der Waals surface area contributed by atoms with Crippen LogP contribution in [0.3, 0.4) is 0 Å². The van der Waals surface area contributed by atoms with Gasteiger partial charge in [-0.1, -0.05) is 41.9 Å². The van der Waals surface area contributed by atoms with Crippen LogP contribution in [0.25, 0.3) is 0 Å². The molecule has 0 aliphatic carbocycles. The molecule has 2 heterocycles. The number of fused-ring (bicyclic) bond motifs is 6. The molecule has 5 aromatic carbocycles. The van der Waals surface area contributed by atoms with E-state index in [0.717, 1.165) is 22.5 Å². The third kappa shape index (κ3) is 3.80. The smallest absolute Gasteiger partial charge is 0.340 e. The summed E-state index contributed by atoms with van der Waals surface area (Å²) in [5.41, 5.74) is 5.13. The first-order valence-electron chi connectivity index (χ1n) is 12.8. The summed E-state index contributed by atoms with van der Waals surface area (Å²) in [4.78, 5) is 13.1. The molecule has 0 amide bonds. The van der Waals surface area contributed by atoms with Gasteiger partial charge in [-0.3, -0.25) is 0 Å². The number of carbonyl (C=O) groups is 1. The van der Waals surface area contributed by atoms with Crippen LogP contribution >= 0.6 is 11.6 Å². The van der Waals surface area contributed by atoms with Gasteiger partial charge < -0.3 is 20.1 Å². The number of benzene rings is 5. The standard InChI is InChI=1S/C33H22ClFN2O3/c1-19-16-20(34)10-15-28(19)36-21-11-13-25-30(17-21)39-31-18-22(37-29-9-5-4-8-27(29)35)12-14-26(31)33(25)24-7-3-2-6-23(24)32(38)40-33/h2-18,36-37H,1H3. The molecule has 5 nitrogen and oxygen atoms in total. The third-order valence-electron chi connectivity index (χ3n) is 7.33. The van der Waals surface area contributed by atoms with Crippen LogP contribution in [0.1, 0.15) is 32.6 Å². The van der Waals surface area contributed by atoms with Gasteiger partial charge in [-0.2, -0.15) is 0 Å². The molecule has 2 aliphatic heterocycles. The molecule has 40 heavy (non-hydrogen) atoms. The van der Waals surface area contributed by atoms with E-state index in [2.05, 4.69) is 10.6 Å². The predicted molar refractivity (Wildman–Crippen MR) is 154 cm³/mol. The molecule has 7 heteroatoms. The highest BCUT2D eigenvalue weighted by Gasteiger charge is 2.53. The molecule has 1 unspecified atom stereocenters. The highest BCUT2D eigenvalue weighted by Crippen LogP contribution is 2.57. The monoisotopic (exact) mass is 548 g/mol. The van der Waals surface area contributed by atoms with Crippen LogP contribution in [-0.2, 0) is 10.3 Å². The normalized spacial score (nSPS) is 16.4. The number of para-hydroxylation sites is 1. The fourth-order valence-electron chi connectivity index (χ4n) is 5.47. The zero-order chi connectivity index (χ0) is 27.4. The van der Waals surface area contributed by atoms with Crippen molar-refractivity contribution in [1.29, 1.82) is 0 Å². The maximum atomic E-state index is 14.4. The van der Waals surface area contributed by atoms with Crippen LogP contribution in [0.4, 0.5) is 27.1 Å². The molecule has 5 aromatic rings. The number of hydrogen-bond donors (Lipinski definition) is 2. The number of esters is 1. The number of aryl methyl sites for hydroxylation is 1. The van der Waals surface area contributed by atoms with E-state index in [1.807, 2.05) is 73.7 Å². The summed E-state index contributed by atoms with van der Waals surface area (Å²) in [6.45, 7) is 1.98. The zero-order valence-electron chi connectivity index (χ0n) is 21.3. The van der Waals surface area contributed by atoms with E-state index in [1.165, 1.54) is 6.07 Å². The first-order chi connectivity index (χ1) is 19.4. The topological polar surface area (TPSA) is 59.6 Å². The lowest BCUT2D eigenvalue weighted by Gasteiger charge is -2.37. The molecular weight excluding hydrogens is 527 g/mol. The van der Waals surface area contributed by atoms with Crippen LogP contribution in [0.2, 0.25) is 5.02 Å². The number of anilines is 4. The van der Waals surface area contributed by atoms with Crippen LogP contribution in [0, 0.1) is 12.7 Å². The maximum absolute atomic E-state index is 14.4. The summed E-state index contributed by atoms with van der Waals surface area (Å²) in [5, 5.41) is 7.22. The Morgan fingerprint density at radius 2 is 1.38 bits per heavy atom. The van der Waals surface area contributed by atoms with E-state index in [1.54, 1.807) is 30.3 Å². The molecule has 1 spiro atoms. The van der Waals surface area contributed by atoms with Gasteiger partial charge >= 0.3 is 5.97 Å². The predicted octanol–water partition coefficient (Wildman–Crippen LogP) is 8.84. The summed E-state index contributed by atoms with van der Waals surface area (Å²) in [6, 6.07) is 30.7. The van der Waals surface area contributed by atoms with Gasteiger partial charge in [-0.05, 0) is 73.2 Å². The van der Waals surface area contributed by atoms with Crippen molar-refractivity contribution in [2.24, 2.45) is 0 Å². The fraction of sp³-hybridized carbons (Fsp3) is 0.0606. The molecule has 2 N–H and O–H groups in total. The summed E-state index contributed by atoms with van der Waals surface area (Å²) >= 11 is 6.14. The van der Waals surface area contributed by atoms with Crippen molar-refractivity contribution >= 4 is 40.3 Å². The molecule has 0 saturated heterocycles. The Morgan fingerprint density at radius 3 is 2.08 bits per heavy atom. The second-order valence-electron chi connectivity index (χ2n) is 9.83. The Labute approximate surface area is 235 Å². The van der Waals surface area contributed by atoms with Gasteiger partial charge in [-0.25, -0.2) is 9.18 Å². The Bertz CT molecular complexity index is 1840. The second-order valence-corrected chi connectivity index (χ2v) is 10.3. The fourth-order valence-corrected chi connectivity index (χ4v) is 5.70. The molecule has 2 aliphatic rings. The van der Waals surface area contributed by atoms with Crippen LogP contribution in [0.5, 0.6) is 11.5 Å².